The summed E-state index contributed by atoms with van der Waals surface area (Å²) in [5, 5.41) is 0. The number of amides is 1. The molecule has 0 N–H and O–H groups in total. The third kappa shape index (κ3) is 6.25. The summed E-state index contributed by atoms with van der Waals surface area (Å²) in [7, 11) is 3.40. The molecular weight excluding hydrogens is 278 g/mol. The van der Waals surface area contributed by atoms with Gasteiger partial charge in [-0.15, -0.1) is 0 Å². The number of hydrogen-bond acceptors (Lipinski definition) is 3. The number of methoxy groups -OCH3 is 2. The highest BCUT2D eigenvalue weighted by Crippen LogP contribution is 2.28. The zero-order valence-corrected chi connectivity index (χ0v) is 15.9. The number of ether oxygens (including phenoxy) is 2. The van der Waals surface area contributed by atoms with Crippen molar-refractivity contribution in [3.63, 3.8) is 0 Å². The molecule has 1 rings (SSSR count). The van der Waals surface area contributed by atoms with E-state index in [1.54, 1.807) is 14.2 Å². The van der Waals surface area contributed by atoms with E-state index in [9.17, 15) is 4.79 Å². The summed E-state index contributed by atoms with van der Waals surface area (Å²) < 4.78 is 10.6. The molecule has 1 aliphatic rings. The first kappa shape index (κ1) is 21.4. The SMILES string of the molecule is CCC.COCC1C[C@@H](C)N(C(=O)C(C(C)C)C(C)OC)C1. The zero-order valence-electron chi connectivity index (χ0n) is 15.9. The minimum atomic E-state index is -0.0613. The van der Waals surface area contributed by atoms with Crippen LogP contribution >= 0.6 is 0 Å². The molecule has 22 heavy (non-hydrogen) atoms. The van der Waals surface area contributed by atoms with Crippen LogP contribution in [-0.4, -0.2) is 50.3 Å². The second kappa shape index (κ2) is 11.0. The molecule has 0 aromatic rings. The van der Waals surface area contributed by atoms with Gasteiger partial charge in [0.15, 0.2) is 0 Å². The van der Waals surface area contributed by atoms with Crippen molar-refractivity contribution in [2.45, 2.75) is 66.5 Å². The number of hydrogen-bond donors (Lipinski definition) is 0. The van der Waals surface area contributed by atoms with Crippen molar-refractivity contribution in [3.8, 4) is 0 Å². The van der Waals surface area contributed by atoms with E-state index in [-0.39, 0.29) is 23.8 Å². The third-order valence-electron chi connectivity index (χ3n) is 4.23. The van der Waals surface area contributed by atoms with E-state index in [1.165, 1.54) is 6.42 Å². The maximum Gasteiger partial charge on any atom is 0.228 e. The van der Waals surface area contributed by atoms with Gasteiger partial charge in [0.1, 0.15) is 0 Å². The number of carbonyl (C=O) groups is 1. The second-order valence-electron chi connectivity index (χ2n) is 6.81. The molecule has 3 unspecified atom stereocenters. The van der Waals surface area contributed by atoms with Crippen molar-refractivity contribution < 1.29 is 14.3 Å². The lowest BCUT2D eigenvalue weighted by Gasteiger charge is -2.32. The summed E-state index contributed by atoms with van der Waals surface area (Å²) in [4.78, 5) is 14.8. The molecule has 1 heterocycles. The molecule has 1 amide bonds. The van der Waals surface area contributed by atoms with Gasteiger partial charge in [-0.2, -0.15) is 0 Å². The zero-order chi connectivity index (χ0) is 17.3. The molecule has 0 aromatic heterocycles. The average Bonchev–Trinajstić information content (AvgIpc) is 2.80. The molecule has 4 heteroatoms. The van der Waals surface area contributed by atoms with Crippen LogP contribution in [0.25, 0.3) is 0 Å². The number of rotatable bonds is 6. The van der Waals surface area contributed by atoms with Crippen molar-refractivity contribution >= 4 is 5.91 Å². The van der Waals surface area contributed by atoms with Crippen LogP contribution in [-0.2, 0) is 14.3 Å². The van der Waals surface area contributed by atoms with E-state index in [4.69, 9.17) is 9.47 Å². The summed E-state index contributed by atoms with van der Waals surface area (Å²) in [5.74, 6) is 0.926. The molecule has 0 aliphatic carbocycles. The Morgan fingerprint density at radius 3 is 2.18 bits per heavy atom. The monoisotopic (exact) mass is 315 g/mol. The van der Waals surface area contributed by atoms with Gasteiger partial charge in [0.05, 0.1) is 18.6 Å². The lowest BCUT2D eigenvalue weighted by molar-refractivity contribution is -0.142. The summed E-state index contributed by atoms with van der Waals surface area (Å²) in [6, 6.07) is 0.304. The Hall–Kier alpha value is -0.610. The molecule has 0 saturated carbocycles. The van der Waals surface area contributed by atoms with Crippen molar-refractivity contribution in [3.05, 3.63) is 0 Å². The van der Waals surface area contributed by atoms with E-state index in [2.05, 4.69) is 34.6 Å². The normalized spacial score (nSPS) is 24.0. The molecule has 132 valence electrons. The Morgan fingerprint density at radius 2 is 1.77 bits per heavy atom. The maximum atomic E-state index is 12.8. The van der Waals surface area contributed by atoms with Gasteiger partial charge in [-0.3, -0.25) is 4.79 Å². The lowest BCUT2D eigenvalue weighted by Crippen LogP contribution is -2.44. The molecular formula is C18H37NO3. The van der Waals surface area contributed by atoms with Gasteiger partial charge < -0.3 is 14.4 Å². The summed E-state index contributed by atoms with van der Waals surface area (Å²) in [5.41, 5.74) is 0. The molecule has 0 bridgehead atoms. The van der Waals surface area contributed by atoms with Gasteiger partial charge in [0, 0.05) is 32.7 Å². The van der Waals surface area contributed by atoms with Crippen LogP contribution in [0.2, 0.25) is 0 Å². The maximum absolute atomic E-state index is 12.8. The smallest absolute Gasteiger partial charge is 0.228 e. The van der Waals surface area contributed by atoms with Gasteiger partial charge in [-0.05, 0) is 26.2 Å². The van der Waals surface area contributed by atoms with E-state index in [0.29, 0.717) is 12.0 Å². The molecule has 0 radical (unpaired) electrons. The van der Waals surface area contributed by atoms with Crippen molar-refractivity contribution in [2.75, 3.05) is 27.4 Å². The predicted octanol–water partition coefficient (Wildman–Crippen LogP) is 3.59. The average molecular weight is 315 g/mol. The fourth-order valence-corrected chi connectivity index (χ4v) is 3.17. The third-order valence-corrected chi connectivity index (χ3v) is 4.23. The van der Waals surface area contributed by atoms with Crippen LogP contribution in [0.5, 0.6) is 0 Å². The Morgan fingerprint density at radius 1 is 1.23 bits per heavy atom. The number of nitrogens with zero attached hydrogens (tertiary/aromatic N) is 1. The fraction of sp³-hybridized carbons (Fsp3) is 0.944. The first-order chi connectivity index (χ1) is 10.3. The molecule has 4 atom stereocenters. The number of carbonyl (C=O) groups excluding carboxylic acids is 1. The van der Waals surface area contributed by atoms with Crippen molar-refractivity contribution in [1.82, 2.24) is 4.90 Å². The highest BCUT2D eigenvalue weighted by Gasteiger charge is 2.38. The Kier molecular flexibility index (Phi) is 10.7. The van der Waals surface area contributed by atoms with Gasteiger partial charge in [-0.1, -0.05) is 34.1 Å². The van der Waals surface area contributed by atoms with E-state index >= 15 is 0 Å². The Balaban J connectivity index is 0.00000135. The second-order valence-corrected chi connectivity index (χ2v) is 6.81. The van der Waals surface area contributed by atoms with Crippen molar-refractivity contribution in [2.24, 2.45) is 17.8 Å². The summed E-state index contributed by atoms with van der Waals surface area (Å²) in [6.45, 7) is 14.1. The lowest BCUT2D eigenvalue weighted by atomic mass is 9.89. The van der Waals surface area contributed by atoms with Crippen LogP contribution in [0.3, 0.4) is 0 Å². The topological polar surface area (TPSA) is 38.8 Å². The first-order valence-electron chi connectivity index (χ1n) is 8.65. The molecule has 4 nitrogen and oxygen atoms in total. The Bertz CT molecular complexity index is 307. The van der Waals surface area contributed by atoms with Crippen LogP contribution in [0, 0.1) is 17.8 Å². The van der Waals surface area contributed by atoms with E-state index < -0.39 is 0 Å². The first-order valence-corrected chi connectivity index (χ1v) is 8.65. The van der Waals surface area contributed by atoms with Gasteiger partial charge in [-0.25, -0.2) is 0 Å². The summed E-state index contributed by atoms with van der Waals surface area (Å²) >= 11 is 0. The van der Waals surface area contributed by atoms with Crippen LogP contribution in [0.4, 0.5) is 0 Å². The molecule has 1 aliphatic heterocycles. The van der Waals surface area contributed by atoms with Gasteiger partial charge in [0.2, 0.25) is 5.91 Å². The minimum absolute atomic E-state index is 0.0406. The van der Waals surface area contributed by atoms with E-state index in [0.717, 1.165) is 19.6 Å². The molecule has 1 fully saturated rings. The van der Waals surface area contributed by atoms with Crippen LogP contribution < -0.4 is 0 Å². The minimum Gasteiger partial charge on any atom is -0.384 e. The highest BCUT2D eigenvalue weighted by molar-refractivity contribution is 5.80. The number of likely N-dealkylation sites (tertiary alicyclic amines) is 1. The predicted molar refractivity (Wildman–Crippen MR) is 91.9 cm³/mol. The van der Waals surface area contributed by atoms with Gasteiger partial charge >= 0.3 is 0 Å². The van der Waals surface area contributed by atoms with E-state index in [1.807, 2.05) is 11.8 Å². The molecule has 0 spiro atoms. The largest absolute Gasteiger partial charge is 0.384 e. The summed E-state index contributed by atoms with van der Waals surface area (Å²) in [6.07, 6.45) is 2.24. The molecule has 1 saturated heterocycles. The Labute approximate surface area is 137 Å². The van der Waals surface area contributed by atoms with Crippen molar-refractivity contribution in [1.29, 1.82) is 0 Å². The standard InChI is InChI=1S/C15H29NO3.C3H8/c1-10(2)14(12(4)19-6)15(17)16-8-13(9-18-5)7-11(16)3;1-3-2/h10-14H,7-9H2,1-6H3;3H2,1-2H3/t11-,12?,13?,14?;/m1./s1. The van der Waals surface area contributed by atoms with Gasteiger partial charge in [0.25, 0.3) is 0 Å². The van der Waals surface area contributed by atoms with Crippen LogP contribution in [0.1, 0.15) is 54.4 Å². The fourth-order valence-electron chi connectivity index (χ4n) is 3.17. The highest BCUT2D eigenvalue weighted by atomic mass is 16.5. The quantitative estimate of drug-likeness (QED) is 0.752. The molecule has 0 aromatic carbocycles. The van der Waals surface area contributed by atoms with Crippen LogP contribution in [0.15, 0.2) is 0 Å².